The number of benzene rings is 2. The average Bonchev–Trinajstić information content (AvgIpc) is 2.74. The zero-order chi connectivity index (χ0) is 19.1. The Bertz CT molecular complexity index is 1050. The quantitative estimate of drug-likeness (QED) is 0.612. The molecule has 4 N–H and O–H groups in total. The lowest BCUT2D eigenvalue weighted by Gasteiger charge is -2.20. The van der Waals surface area contributed by atoms with Gasteiger partial charge >= 0.3 is 0 Å². The molecule has 0 saturated heterocycles. The van der Waals surface area contributed by atoms with E-state index in [1.54, 1.807) is 12.1 Å². The molecular formula is C17H21BrN2O5S2. The molecule has 7 nitrogen and oxygen atoms in total. The van der Waals surface area contributed by atoms with Gasteiger partial charge in [-0.25, -0.2) is 22.0 Å². The number of phenolic OH excluding ortho intramolecular Hbond substituents is 1. The molecule has 0 fully saturated rings. The number of nitrogens with two attached hydrogens (primary N) is 1. The first-order valence-corrected chi connectivity index (χ1v) is 11.4. The molecule has 0 amide bonds. The Morgan fingerprint density at radius 3 is 2.30 bits per heavy atom. The average molecular weight is 477 g/mol. The minimum atomic E-state index is -3.77. The van der Waals surface area contributed by atoms with Crippen LogP contribution in [0.3, 0.4) is 0 Å². The van der Waals surface area contributed by atoms with Crippen LogP contribution in [0.5, 0.6) is 5.75 Å². The normalized spacial score (nSPS) is 17.5. The third kappa shape index (κ3) is 4.69. The van der Waals surface area contributed by atoms with Crippen LogP contribution in [0.15, 0.2) is 46.2 Å². The van der Waals surface area contributed by atoms with Gasteiger partial charge in [0, 0.05) is 18.7 Å². The fourth-order valence-electron chi connectivity index (χ4n) is 3.23. The molecule has 0 radical (unpaired) electrons. The summed E-state index contributed by atoms with van der Waals surface area (Å²) in [6.07, 6.45) is 1.69. The third-order valence-corrected chi connectivity index (χ3v) is 6.58. The van der Waals surface area contributed by atoms with Gasteiger partial charge in [0.25, 0.3) is 0 Å². The molecule has 1 heterocycles. The number of nitrogens with one attached hydrogen (secondary N) is 1. The highest BCUT2D eigenvalue weighted by Gasteiger charge is 2.25. The van der Waals surface area contributed by atoms with E-state index in [1.165, 1.54) is 24.3 Å². The smallest absolute Gasteiger partial charge is 0.238 e. The first kappa shape index (κ1) is 21.8. The lowest BCUT2D eigenvalue weighted by Crippen LogP contribution is -2.21. The van der Waals surface area contributed by atoms with E-state index in [-0.39, 0.29) is 38.4 Å². The van der Waals surface area contributed by atoms with Crippen LogP contribution < -0.4 is 10.5 Å². The number of fused-ring (bicyclic) bond motifs is 1. The van der Waals surface area contributed by atoms with Crippen LogP contribution in [-0.4, -0.2) is 41.3 Å². The highest BCUT2D eigenvalue weighted by molar-refractivity contribution is 8.93. The van der Waals surface area contributed by atoms with Crippen LogP contribution in [0.25, 0.3) is 0 Å². The standard InChI is InChI=1S/C17H20N2O5S2.BrH/c1-25(21,22)17-8-12-6-7-19-10-15(14(12)9-16(17)20)11-2-4-13(5-3-11)26(18,23)24;/h2-5,8-9,15,19-20H,6-7,10H2,1H3,(H2,18,23,24);1H. The van der Waals surface area contributed by atoms with Gasteiger partial charge in [0.1, 0.15) is 10.6 Å². The fraction of sp³-hybridized carbons (Fsp3) is 0.294. The molecule has 0 bridgehead atoms. The molecule has 2 aromatic carbocycles. The SMILES string of the molecule is Br.CS(=O)(=O)c1cc2c(cc1O)C(c1ccc(S(N)(=O)=O)cc1)CNCC2. The van der Waals surface area contributed by atoms with Crippen molar-refractivity contribution in [1.29, 1.82) is 0 Å². The molecule has 10 heteroatoms. The molecule has 0 aromatic heterocycles. The monoisotopic (exact) mass is 476 g/mol. The number of hydrogen-bond acceptors (Lipinski definition) is 6. The molecule has 1 atom stereocenters. The van der Waals surface area contributed by atoms with Crippen LogP contribution in [0.4, 0.5) is 0 Å². The number of phenols is 1. The van der Waals surface area contributed by atoms with Crippen LogP contribution in [-0.2, 0) is 26.3 Å². The molecule has 0 aliphatic carbocycles. The first-order valence-electron chi connectivity index (χ1n) is 7.96. The van der Waals surface area contributed by atoms with Gasteiger partial charge in [0.05, 0.1) is 4.90 Å². The van der Waals surface area contributed by atoms with Crippen molar-refractivity contribution in [3.8, 4) is 5.75 Å². The number of sulfone groups is 1. The highest BCUT2D eigenvalue weighted by atomic mass is 79.9. The summed E-state index contributed by atoms with van der Waals surface area (Å²) in [7, 11) is -7.30. The zero-order valence-electron chi connectivity index (χ0n) is 14.5. The molecule has 0 spiro atoms. The van der Waals surface area contributed by atoms with Gasteiger partial charge in [0.2, 0.25) is 10.0 Å². The molecule has 1 aliphatic rings. The second-order valence-corrected chi connectivity index (χ2v) is 9.96. The Kier molecular flexibility index (Phi) is 6.37. The highest BCUT2D eigenvalue weighted by Crippen LogP contribution is 2.35. The number of halogens is 1. The molecule has 1 aliphatic heterocycles. The topological polar surface area (TPSA) is 127 Å². The molecule has 27 heavy (non-hydrogen) atoms. The van der Waals surface area contributed by atoms with Gasteiger partial charge in [-0.1, -0.05) is 12.1 Å². The predicted molar refractivity (Wildman–Crippen MR) is 108 cm³/mol. The molecule has 1 unspecified atom stereocenters. The zero-order valence-corrected chi connectivity index (χ0v) is 17.9. The maximum Gasteiger partial charge on any atom is 0.238 e. The van der Waals surface area contributed by atoms with E-state index in [0.717, 1.165) is 22.9 Å². The van der Waals surface area contributed by atoms with E-state index in [0.29, 0.717) is 19.5 Å². The minimum absolute atomic E-state index is 0. The molecule has 148 valence electrons. The lowest BCUT2D eigenvalue weighted by molar-refractivity contribution is 0.457. The number of primary sulfonamides is 1. The van der Waals surface area contributed by atoms with Crippen LogP contribution in [0.1, 0.15) is 22.6 Å². The second-order valence-electron chi connectivity index (χ2n) is 6.41. The summed E-state index contributed by atoms with van der Waals surface area (Å²) in [5, 5.41) is 18.6. The van der Waals surface area contributed by atoms with Gasteiger partial charge in [-0.2, -0.15) is 0 Å². The Morgan fingerprint density at radius 2 is 1.74 bits per heavy atom. The van der Waals surface area contributed by atoms with Crippen molar-refractivity contribution in [2.45, 2.75) is 22.1 Å². The number of hydrogen-bond donors (Lipinski definition) is 3. The van der Waals surface area contributed by atoms with Crippen molar-refractivity contribution in [3.05, 3.63) is 53.1 Å². The Hall–Kier alpha value is -1.46. The first-order chi connectivity index (χ1) is 12.1. The molecule has 0 saturated carbocycles. The fourth-order valence-corrected chi connectivity index (χ4v) is 4.54. The van der Waals surface area contributed by atoms with Crippen molar-refractivity contribution >= 4 is 36.8 Å². The van der Waals surface area contributed by atoms with Crippen LogP contribution in [0.2, 0.25) is 0 Å². The van der Waals surface area contributed by atoms with Gasteiger partial charge in [-0.05, 0) is 53.9 Å². The number of sulfonamides is 1. The van der Waals surface area contributed by atoms with E-state index < -0.39 is 19.9 Å². The summed E-state index contributed by atoms with van der Waals surface area (Å²) in [6, 6.07) is 9.28. The maximum absolute atomic E-state index is 11.9. The van der Waals surface area contributed by atoms with E-state index in [1.807, 2.05) is 0 Å². The van der Waals surface area contributed by atoms with Crippen molar-refractivity contribution < 1.29 is 21.9 Å². The molecular weight excluding hydrogens is 456 g/mol. The van der Waals surface area contributed by atoms with Gasteiger partial charge < -0.3 is 10.4 Å². The van der Waals surface area contributed by atoms with Crippen molar-refractivity contribution in [2.75, 3.05) is 19.3 Å². The summed E-state index contributed by atoms with van der Waals surface area (Å²) in [5.74, 6) is -0.430. The van der Waals surface area contributed by atoms with Crippen LogP contribution in [0, 0.1) is 0 Å². The summed E-state index contributed by atoms with van der Waals surface area (Å²) in [5.41, 5.74) is 2.51. The number of aromatic hydroxyl groups is 1. The summed E-state index contributed by atoms with van der Waals surface area (Å²) in [6.45, 7) is 1.26. The Balaban J connectivity index is 0.00000261. The second kappa shape index (κ2) is 7.88. The third-order valence-electron chi connectivity index (χ3n) is 4.53. The molecule has 3 rings (SSSR count). The summed E-state index contributed by atoms with van der Waals surface area (Å²) < 4.78 is 46.6. The van der Waals surface area contributed by atoms with Crippen molar-refractivity contribution in [1.82, 2.24) is 5.32 Å². The maximum atomic E-state index is 11.9. The van der Waals surface area contributed by atoms with E-state index in [4.69, 9.17) is 5.14 Å². The lowest BCUT2D eigenvalue weighted by atomic mass is 9.88. The minimum Gasteiger partial charge on any atom is -0.507 e. The van der Waals surface area contributed by atoms with Crippen LogP contribution >= 0.6 is 17.0 Å². The summed E-state index contributed by atoms with van der Waals surface area (Å²) >= 11 is 0. The molecule has 2 aromatic rings. The van der Waals surface area contributed by atoms with Crippen molar-refractivity contribution in [3.63, 3.8) is 0 Å². The van der Waals surface area contributed by atoms with Gasteiger partial charge in [-0.3, -0.25) is 0 Å². The predicted octanol–water partition coefficient (Wildman–Crippen LogP) is 1.30. The largest absolute Gasteiger partial charge is 0.507 e. The van der Waals surface area contributed by atoms with Gasteiger partial charge in [0.15, 0.2) is 9.84 Å². The van der Waals surface area contributed by atoms with E-state index in [2.05, 4.69) is 5.32 Å². The van der Waals surface area contributed by atoms with E-state index >= 15 is 0 Å². The Morgan fingerprint density at radius 1 is 1.11 bits per heavy atom. The Labute approximate surface area is 169 Å². The van der Waals surface area contributed by atoms with Crippen molar-refractivity contribution in [2.24, 2.45) is 5.14 Å². The van der Waals surface area contributed by atoms with E-state index in [9.17, 15) is 21.9 Å². The number of rotatable bonds is 3. The summed E-state index contributed by atoms with van der Waals surface area (Å²) in [4.78, 5) is -0.0557. The van der Waals surface area contributed by atoms with Gasteiger partial charge in [-0.15, -0.1) is 17.0 Å².